The number of pyridine rings is 1. The van der Waals surface area contributed by atoms with Gasteiger partial charge in [-0.1, -0.05) is 31.5 Å². The minimum Gasteiger partial charge on any atom is -0.365 e. The van der Waals surface area contributed by atoms with Crippen LogP contribution >= 0.6 is 11.6 Å². The van der Waals surface area contributed by atoms with Crippen molar-refractivity contribution < 1.29 is 8.42 Å². The number of likely N-dealkylation sites (N-methyl/N-ethyl adjacent to an activating group) is 1. The number of nitrogens with zero attached hydrogens (tertiary/aromatic N) is 7. The minimum atomic E-state index is -3.26. The predicted molar refractivity (Wildman–Crippen MR) is 152 cm³/mol. The topological polar surface area (TPSA) is 109 Å². The van der Waals surface area contributed by atoms with Gasteiger partial charge in [-0.3, -0.25) is 4.68 Å². The molecule has 1 unspecified atom stereocenters. The summed E-state index contributed by atoms with van der Waals surface area (Å²) in [5.41, 5.74) is 2.90. The van der Waals surface area contributed by atoms with Crippen molar-refractivity contribution in [1.29, 1.82) is 0 Å². The van der Waals surface area contributed by atoms with Crippen molar-refractivity contribution >= 4 is 49.7 Å². The molecular weight excluding hydrogens is 524 g/mol. The fourth-order valence-corrected chi connectivity index (χ4v) is 5.93. The first-order chi connectivity index (χ1) is 17.9. The molecule has 12 heteroatoms. The highest BCUT2D eigenvalue weighted by molar-refractivity contribution is 7.88. The van der Waals surface area contributed by atoms with E-state index in [-0.39, 0.29) is 12.1 Å². The van der Waals surface area contributed by atoms with Gasteiger partial charge in [0.05, 0.1) is 17.9 Å². The summed E-state index contributed by atoms with van der Waals surface area (Å²) in [4.78, 5) is 15.9. The molecule has 0 radical (unpaired) electrons. The lowest BCUT2D eigenvalue weighted by Gasteiger charge is -2.51. The zero-order valence-corrected chi connectivity index (χ0v) is 23.8. The van der Waals surface area contributed by atoms with Crippen molar-refractivity contribution in [3.05, 3.63) is 53.6 Å². The summed E-state index contributed by atoms with van der Waals surface area (Å²) in [6, 6.07) is 8.06. The number of sulfonamides is 1. The van der Waals surface area contributed by atoms with Crippen molar-refractivity contribution in [3.63, 3.8) is 0 Å². The second kappa shape index (κ2) is 9.79. The van der Waals surface area contributed by atoms with Crippen LogP contribution in [0.3, 0.4) is 0 Å². The molecule has 1 aromatic carbocycles. The van der Waals surface area contributed by atoms with E-state index >= 15 is 0 Å². The van der Waals surface area contributed by atoms with E-state index in [1.807, 2.05) is 12.3 Å². The lowest BCUT2D eigenvalue weighted by Crippen LogP contribution is -2.65. The Kier molecular flexibility index (Phi) is 6.79. The average molecular weight is 555 g/mol. The number of hydrogen-bond donors (Lipinski definition) is 1. The van der Waals surface area contributed by atoms with Crippen LogP contribution < -0.4 is 10.2 Å². The fourth-order valence-electron chi connectivity index (χ4n) is 4.94. The van der Waals surface area contributed by atoms with Gasteiger partial charge in [-0.25, -0.2) is 23.4 Å². The van der Waals surface area contributed by atoms with Crippen LogP contribution in [-0.2, 0) is 17.1 Å². The van der Waals surface area contributed by atoms with Gasteiger partial charge in [0.2, 0.25) is 10.0 Å². The second-order valence-electron chi connectivity index (χ2n) is 10.1. The first-order valence-corrected chi connectivity index (χ1v) is 14.6. The third-order valence-electron chi connectivity index (χ3n) is 7.20. The first kappa shape index (κ1) is 26.3. The largest absolute Gasteiger partial charge is 0.365 e. The SMILES string of the molecule is CC(C)c1ccc(N2CC(N(C)S(C)(=O)=O)[C@H]2C)c2cnc(Nc3ccnc(-c4cn(C)nc4Cl)n3)cc12. The zero-order chi connectivity index (χ0) is 27.4. The quantitative estimate of drug-likeness (QED) is 0.358. The molecule has 1 fully saturated rings. The second-order valence-corrected chi connectivity index (χ2v) is 12.5. The van der Waals surface area contributed by atoms with Crippen LogP contribution in [0.2, 0.25) is 5.15 Å². The Morgan fingerprint density at radius 3 is 2.55 bits per heavy atom. The summed E-state index contributed by atoms with van der Waals surface area (Å²) in [6.45, 7) is 7.02. The number of nitrogens with one attached hydrogen (secondary N) is 1. The molecule has 1 N–H and O–H groups in total. The Bertz CT molecular complexity index is 1620. The Morgan fingerprint density at radius 1 is 1.16 bits per heavy atom. The molecule has 1 aliphatic rings. The molecule has 2 atom stereocenters. The summed E-state index contributed by atoms with van der Waals surface area (Å²) in [5, 5.41) is 9.92. The van der Waals surface area contributed by atoms with Crippen molar-refractivity contribution in [2.45, 2.75) is 38.8 Å². The molecule has 1 saturated heterocycles. The molecule has 0 saturated carbocycles. The van der Waals surface area contributed by atoms with E-state index < -0.39 is 10.0 Å². The number of hydrogen-bond acceptors (Lipinski definition) is 8. The summed E-state index contributed by atoms with van der Waals surface area (Å²) >= 11 is 6.24. The van der Waals surface area contributed by atoms with Crippen LogP contribution in [0.1, 0.15) is 32.3 Å². The maximum atomic E-state index is 12.1. The first-order valence-electron chi connectivity index (χ1n) is 12.4. The molecule has 5 rings (SSSR count). The third-order valence-corrected chi connectivity index (χ3v) is 8.80. The number of benzene rings is 1. The minimum absolute atomic E-state index is 0.0411. The number of aromatic nitrogens is 5. The van der Waals surface area contributed by atoms with Gasteiger partial charge in [-0.05, 0) is 42.0 Å². The Labute approximate surface area is 227 Å². The highest BCUT2D eigenvalue weighted by Gasteiger charge is 2.41. The maximum absolute atomic E-state index is 12.1. The summed E-state index contributed by atoms with van der Waals surface area (Å²) < 4.78 is 27.2. The molecule has 4 heterocycles. The molecule has 200 valence electrons. The van der Waals surface area contributed by atoms with Gasteiger partial charge in [0.15, 0.2) is 11.0 Å². The van der Waals surface area contributed by atoms with Crippen molar-refractivity contribution in [3.8, 4) is 11.4 Å². The lowest BCUT2D eigenvalue weighted by molar-refractivity contribution is 0.251. The van der Waals surface area contributed by atoms with Crippen LogP contribution in [0.15, 0.2) is 42.9 Å². The van der Waals surface area contributed by atoms with Gasteiger partial charge >= 0.3 is 0 Å². The van der Waals surface area contributed by atoms with Gasteiger partial charge in [0.25, 0.3) is 0 Å². The van der Waals surface area contributed by atoms with E-state index in [4.69, 9.17) is 16.6 Å². The van der Waals surface area contributed by atoms with Crippen LogP contribution in [0, 0.1) is 0 Å². The Hall–Kier alpha value is -3.28. The van der Waals surface area contributed by atoms with Crippen LogP contribution in [-0.4, -0.2) is 69.4 Å². The summed E-state index contributed by atoms with van der Waals surface area (Å²) in [6.07, 6.45) is 6.57. The molecule has 0 amide bonds. The van der Waals surface area contributed by atoms with Crippen LogP contribution in [0.5, 0.6) is 0 Å². The molecule has 4 aromatic rings. The summed E-state index contributed by atoms with van der Waals surface area (Å²) in [7, 11) is 0.185. The lowest BCUT2D eigenvalue weighted by atomic mass is 9.92. The highest BCUT2D eigenvalue weighted by atomic mass is 35.5. The number of aryl methyl sites for hydroxylation is 1. The third kappa shape index (κ3) is 4.81. The highest BCUT2D eigenvalue weighted by Crippen LogP contribution is 2.39. The van der Waals surface area contributed by atoms with Gasteiger partial charge in [0, 0.05) is 56.3 Å². The molecule has 0 aliphatic carbocycles. The van der Waals surface area contributed by atoms with Crippen molar-refractivity contribution in [2.75, 3.05) is 30.1 Å². The van der Waals surface area contributed by atoms with E-state index in [2.05, 4.69) is 58.2 Å². The monoisotopic (exact) mass is 554 g/mol. The van der Waals surface area contributed by atoms with E-state index in [1.54, 1.807) is 37.2 Å². The van der Waals surface area contributed by atoms with Gasteiger partial charge < -0.3 is 10.2 Å². The van der Waals surface area contributed by atoms with Crippen LogP contribution in [0.25, 0.3) is 22.2 Å². The molecule has 0 bridgehead atoms. The van der Waals surface area contributed by atoms with E-state index in [0.717, 1.165) is 16.5 Å². The van der Waals surface area contributed by atoms with Gasteiger partial charge in [0.1, 0.15) is 11.6 Å². The van der Waals surface area contributed by atoms with E-state index in [1.165, 1.54) is 16.1 Å². The Morgan fingerprint density at radius 2 is 1.92 bits per heavy atom. The fraction of sp³-hybridized carbons (Fsp3) is 0.385. The van der Waals surface area contributed by atoms with E-state index in [0.29, 0.717) is 40.6 Å². The summed E-state index contributed by atoms with van der Waals surface area (Å²) in [5.74, 6) is 2.02. The van der Waals surface area contributed by atoms with Crippen molar-refractivity contribution in [2.24, 2.45) is 7.05 Å². The smallest absolute Gasteiger partial charge is 0.211 e. The molecular formula is C26H31ClN8O2S. The van der Waals surface area contributed by atoms with Crippen molar-refractivity contribution in [1.82, 2.24) is 29.0 Å². The maximum Gasteiger partial charge on any atom is 0.211 e. The molecule has 0 spiro atoms. The van der Waals surface area contributed by atoms with Gasteiger partial charge in [-0.2, -0.15) is 9.40 Å². The average Bonchev–Trinajstić information content (AvgIpc) is 3.20. The number of rotatable bonds is 7. The molecule has 38 heavy (non-hydrogen) atoms. The standard InChI is InChI=1S/C26H31ClN8O2S/c1-15(2)17-7-8-21(35-14-22(16(35)3)34(5)38(6,36)37)19-12-29-24(11-18(17)19)30-23-9-10-28-26(31-23)20-13-33(4)32-25(20)27/h7-13,15-16,22H,14H2,1-6H3,(H,28,29,30,31)/t16-,22?/m1/s1. The predicted octanol–water partition coefficient (Wildman–Crippen LogP) is 4.41. The van der Waals surface area contributed by atoms with E-state index in [9.17, 15) is 8.42 Å². The molecule has 1 aliphatic heterocycles. The number of anilines is 3. The van der Waals surface area contributed by atoms with Gasteiger partial charge in [-0.15, -0.1) is 0 Å². The number of fused-ring (bicyclic) bond motifs is 1. The normalized spacial score (nSPS) is 17.9. The van der Waals surface area contributed by atoms with Crippen LogP contribution in [0.4, 0.5) is 17.3 Å². The number of halogens is 1. The Balaban J connectivity index is 1.47. The molecule has 3 aromatic heterocycles. The molecule has 10 nitrogen and oxygen atoms in total. The zero-order valence-electron chi connectivity index (χ0n) is 22.2.